The van der Waals surface area contributed by atoms with Crippen LogP contribution in [0.5, 0.6) is 0 Å². The molecule has 2 aromatic heterocycles. The molecule has 0 aliphatic rings. The first-order valence-corrected chi connectivity index (χ1v) is 4.09. The largest absolute Gasteiger partial charge is 0.325 e. The SMILES string of the molecule is NCc1cc(=O)n2cccc(F)c2n1. The van der Waals surface area contributed by atoms with E-state index in [9.17, 15) is 9.18 Å². The van der Waals surface area contributed by atoms with Gasteiger partial charge in [0.15, 0.2) is 11.5 Å². The molecule has 0 amide bonds. The third kappa shape index (κ3) is 1.27. The molecule has 2 rings (SSSR count). The molecule has 2 aromatic rings. The van der Waals surface area contributed by atoms with Crippen molar-refractivity contribution in [1.82, 2.24) is 9.38 Å². The molecule has 0 aliphatic heterocycles. The van der Waals surface area contributed by atoms with Gasteiger partial charge in [0.2, 0.25) is 0 Å². The first-order chi connectivity index (χ1) is 6.72. The topological polar surface area (TPSA) is 60.4 Å². The minimum Gasteiger partial charge on any atom is -0.325 e. The molecule has 0 fully saturated rings. The second-order valence-corrected chi connectivity index (χ2v) is 2.84. The van der Waals surface area contributed by atoms with Crippen LogP contribution in [-0.4, -0.2) is 9.38 Å². The maximum atomic E-state index is 13.2. The minimum absolute atomic E-state index is 0.0143. The zero-order valence-corrected chi connectivity index (χ0v) is 7.27. The number of halogens is 1. The molecular weight excluding hydrogens is 185 g/mol. The maximum absolute atomic E-state index is 13.2. The number of aromatic nitrogens is 2. The number of fused-ring (bicyclic) bond motifs is 1. The molecule has 14 heavy (non-hydrogen) atoms. The van der Waals surface area contributed by atoms with Gasteiger partial charge in [0.25, 0.3) is 5.56 Å². The molecule has 0 unspecified atom stereocenters. The molecular formula is C9H8FN3O. The normalized spacial score (nSPS) is 10.7. The lowest BCUT2D eigenvalue weighted by Gasteiger charge is -2.02. The third-order valence-corrected chi connectivity index (χ3v) is 1.91. The number of pyridine rings is 1. The Labute approximate surface area is 78.8 Å². The van der Waals surface area contributed by atoms with Gasteiger partial charge in [0, 0.05) is 18.8 Å². The number of nitrogens with two attached hydrogens (primary N) is 1. The standard InChI is InChI=1S/C9H8FN3O/c10-7-2-1-3-13-8(14)4-6(5-11)12-9(7)13/h1-4H,5,11H2. The summed E-state index contributed by atoms with van der Waals surface area (Å²) in [5, 5.41) is 0. The van der Waals surface area contributed by atoms with Gasteiger partial charge in [-0.2, -0.15) is 0 Å². The number of hydrogen-bond acceptors (Lipinski definition) is 3. The quantitative estimate of drug-likeness (QED) is 0.708. The van der Waals surface area contributed by atoms with E-state index in [0.29, 0.717) is 5.69 Å². The van der Waals surface area contributed by atoms with Crippen LogP contribution in [0.15, 0.2) is 29.2 Å². The van der Waals surface area contributed by atoms with E-state index in [4.69, 9.17) is 5.73 Å². The molecule has 0 saturated carbocycles. The predicted molar refractivity (Wildman–Crippen MR) is 49.3 cm³/mol. The first-order valence-electron chi connectivity index (χ1n) is 4.09. The fourth-order valence-corrected chi connectivity index (χ4v) is 1.24. The van der Waals surface area contributed by atoms with Crippen LogP contribution < -0.4 is 11.3 Å². The van der Waals surface area contributed by atoms with E-state index in [2.05, 4.69) is 4.98 Å². The summed E-state index contributed by atoms with van der Waals surface area (Å²) < 4.78 is 14.4. The molecule has 0 spiro atoms. The molecule has 0 radical (unpaired) electrons. The summed E-state index contributed by atoms with van der Waals surface area (Å²) in [6, 6.07) is 4.00. The van der Waals surface area contributed by atoms with Crippen molar-refractivity contribution in [2.45, 2.75) is 6.54 Å². The van der Waals surface area contributed by atoms with Crippen LogP contribution in [0.1, 0.15) is 5.69 Å². The second-order valence-electron chi connectivity index (χ2n) is 2.84. The van der Waals surface area contributed by atoms with Gasteiger partial charge in [-0.05, 0) is 12.1 Å². The number of nitrogens with zero attached hydrogens (tertiary/aromatic N) is 2. The third-order valence-electron chi connectivity index (χ3n) is 1.91. The summed E-state index contributed by atoms with van der Waals surface area (Å²) >= 11 is 0. The van der Waals surface area contributed by atoms with Crippen LogP contribution in [0, 0.1) is 5.82 Å². The van der Waals surface area contributed by atoms with E-state index in [-0.39, 0.29) is 17.8 Å². The Morgan fingerprint density at radius 2 is 2.36 bits per heavy atom. The monoisotopic (exact) mass is 193 g/mol. The summed E-state index contributed by atoms with van der Waals surface area (Å²) in [5.41, 5.74) is 5.41. The van der Waals surface area contributed by atoms with Gasteiger partial charge >= 0.3 is 0 Å². The van der Waals surface area contributed by atoms with E-state index in [1.807, 2.05) is 0 Å². The van der Waals surface area contributed by atoms with Crippen molar-refractivity contribution in [3.05, 3.63) is 46.3 Å². The Morgan fingerprint density at radius 1 is 1.57 bits per heavy atom. The molecule has 2 heterocycles. The summed E-state index contributed by atoms with van der Waals surface area (Å²) in [5.74, 6) is -0.528. The van der Waals surface area contributed by atoms with Gasteiger partial charge in [-0.15, -0.1) is 0 Å². The summed E-state index contributed by atoms with van der Waals surface area (Å²) in [4.78, 5) is 15.3. The lowest BCUT2D eigenvalue weighted by molar-refractivity contribution is 0.625. The van der Waals surface area contributed by atoms with Crippen molar-refractivity contribution in [3.8, 4) is 0 Å². The average molecular weight is 193 g/mol. The van der Waals surface area contributed by atoms with Crippen molar-refractivity contribution in [1.29, 1.82) is 0 Å². The van der Waals surface area contributed by atoms with Crippen molar-refractivity contribution >= 4 is 5.65 Å². The molecule has 72 valence electrons. The maximum Gasteiger partial charge on any atom is 0.258 e. The smallest absolute Gasteiger partial charge is 0.258 e. The first kappa shape index (κ1) is 8.83. The number of rotatable bonds is 1. The lowest BCUT2D eigenvalue weighted by atomic mass is 10.3. The minimum atomic E-state index is -0.528. The summed E-state index contributed by atoms with van der Waals surface area (Å²) in [6.45, 7) is 0.125. The Hall–Kier alpha value is -1.75. The molecule has 0 bridgehead atoms. The van der Waals surface area contributed by atoms with E-state index < -0.39 is 5.82 Å². The van der Waals surface area contributed by atoms with Gasteiger partial charge in [0.05, 0.1) is 5.69 Å². The van der Waals surface area contributed by atoms with E-state index in [0.717, 1.165) is 4.40 Å². The van der Waals surface area contributed by atoms with Gasteiger partial charge < -0.3 is 5.73 Å². The Bertz CT molecular complexity index is 535. The van der Waals surface area contributed by atoms with Crippen LogP contribution in [0.4, 0.5) is 4.39 Å². The van der Waals surface area contributed by atoms with Gasteiger partial charge in [-0.3, -0.25) is 9.20 Å². The highest BCUT2D eigenvalue weighted by molar-refractivity contribution is 5.40. The lowest BCUT2D eigenvalue weighted by Crippen LogP contribution is -2.17. The van der Waals surface area contributed by atoms with Crippen LogP contribution in [0.25, 0.3) is 5.65 Å². The molecule has 0 aliphatic carbocycles. The fourth-order valence-electron chi connectivity index (χ4n) is 1.24. The Kier molecular flexibility index (Phi) is 2.01. The highest BCUT2D eigenvalue weighted by Gasteiger charge is 2.04. The van der Waals surface area contributed by atoms with Crippen molar-refractivity contribution in [2.75, 3.05) is 0 Å². The molecule has 0 saturated heterocycles. The predicted octanol–water partition coefficient (Wildman–Crippen LogP) is 0.292. The number of hydrogen-bond donors (Lipinski definition) is 1. The van der Waals surface area contributed by atoms with Crippen molar-refractivity contribution in [2.24, 2.45) is 5.73 Å². The Morgan fingerprint density at radius 3 is 3.07 bits per heavy atom. The summed E-state index contributed by atoms with van der Waals surface area (Å²) in [7, 11) is 0. The van der Waals surface area contributed by atoms with Crippen molar-refractivity contribution < 1.29 is 4.39 Å². The molecule has 2 N–H and O–H groups in total. The highest BCUT2D eigenvalue weighted by Crippen LogP contribution is 2.04. The fraction of sp³-hybridized carbons (Fsp3) is 0.111. The van der Waals surface area contributed by atoms with E-state index >= 15 is 0 Å². The molecule has 4 nitrogen and oxygen atoms in total. The van der Waals surface area contributed by atoms with Crippen LogP contribution in [-0.2, 0) is 6.54 Å². The van der Waals surface area contributed by atoms with Crippen molar-refractivity contribution in [3.63, 3.8) is 0 Å². The second kappa shape index (κ2) is 3.19. The van der Waals surface area contributed by atoms with Crippen LogP contribution in [0.2, 0.25) is 0 Å². The summed E-state index contributed by atoms with van der Waals surface area (Å²) in [6.07, 6.45) is 1.47. The van der Waals surface area contributed by atoms with E-state index in [1.165, 1.54) is 24.4 Å². The zero-order chi connectivity index (χ0) is 10.1. The van der Waals surface area contributed by atoms with E-state index in [1.54, 1.807) is 0 Å². The van der Waals surface area contributed by atoms with Crippen LogP contribution >= 0.6 is 0 Å². The Balaban J connectivity index is 2.91. The molecule has 0 atom stereocenters. The highest BCUT2D eigenvalue weighted by atomic mass is 19.1. The average Bonchev–Trinajstić information content (AvgIpc) is 2.19. The zero-order valence-electron chi connectivity index (χ0n) is 7.27. The van der Waals surface area contributed by atoms with Gasteiger partial charge in [-0.1, -0.05) is 0 Å². The molecule has 0 aromatic carbocycles. The van der Waals surface area contributed by atoms with Crippen LogP contribution in [0.3, 0.4) is 0 Å². The molecule has 5 heteroatoms. The van der Waals surface area contributed by atoms with Gasteiger partial charge in [0.1, 0.15) is 0 Å². The van der Waals surface area contributed by atoms with Gasteiger partial charge in [-0.25, -0.2) is 9.37 Å².